The molecular weight excluding hydrogens is 258 g/mol. The van der Waals surface area contributed by atoms with Gasteiger partial charge >= 0.3 is 0 Å². The molecule has 2 N–H and O–H groups in total. The number of carbonyl (C=O) groups is 1. The van der Waals surface area contributed by atoms with E-state index in [0.29, 0.717) is 13.2 Å². The lowest BCUT2D eigenvalue weighted by Crippen LogP contribution is -2.46. The maximum atomic E-state index is 12.1. The van der Waals surface area contributed by atoms with E-state index < -0.39 is 0 Å². The predicted octanol–water partition coefficient (Wildman–Crippen LogP) is -0.472. The van der Waals surface area contributed by atoms with Gasteiger partial charge in [-0.1, -0.05) is 0 Å². The van der Waals surface area contributed by atoms with Crippen LogP contribution in [0.25, 0.3) is 0 Å². The van der Waals surface area contributed by atoms with Crippen LogP contribution < -0.4 is 5.32 Å². The van der Waals surface area contributed by atoms with Gasteiger partial charge in [0.25, 0.3) is 0 Å². The number of amides is 1. The molecule has 0 spiro atoms. The molecule has 0 aromatic heterocycles. The van der Waals surface area contributed by atoms with Crippen molar-refractivity contribution in [3.63, 3.8) is 0 Å². The van der Waals surface area contributed by atoms with Gasteiger partial charge in [-0.3, -0.25) is 14.6 Å². The Bertz CT molecular complexity index is 276. The van der Waals surface area contributed by atoms with Crippen molar-refractivity contribution in [1.82, 2.24) is 15.1 Å². The largest absolute Gasteiger partial charge is 0.395 e. The fourth-order valence-electron chi connectivity index (χ4n) is 2.48. The van der Waals surface area contributed by atoms with Crippen molar-refractivity contribution in [1.29, 1.82) is 0 Å². The molecule has 6 heteroatoms. The highest BCUT2D eigenvalue weighted by atomic mass is 16.5. The maximum Gasteiger partial charge on any atom is 0.237 e. The third-order valence-electron chi connectivity index (χ3n) is 3.79. The van der Waals surface area contributed by atoms with Gasteiger partial charge in [-0.2, -0.15) is 0 Å². The number of ether oxygens (including phenoxy) is 1. The normalized spacial score (nSPS) is 19.6. The zero-order valence-electron chi connectivity index (χ0n) is 12.8. The molecule has 0 radical (unpaired) electrons. The van der Waals surface area contributed by atoms with Crippen molar-refractivity contribution in [2.75, 3.05) is 59.6 Å². The van der Waals surface area contributed by atoms with Crippen LogP contribution in [-0.2, 0) is 9.53 Å². The summed E-state index contributed by atoms with van der Waals surface area (Å²) in [6.45, 7) is 7.98. The van der Waals surface area contributed by atoms with Crippen LogP contribution in [0.1, 0.15) is 19.8 Å². The first-order valence-electron chi connectivity index (χ1n) is 7.53. The molecule has 0 aliphatic carbocycles. The Labute approximate surface area is 122 Å². The van der Waals surface area contributed by atoms with Gasteiger partial charge in [0, 0.05) is 46.4 Å². The topological polar surface area (TPSA) is 65.0 Å². The highest BCUT2D eigenvalue weighted by Crippen LogP contribution is 2.07. The summed E-state index contributed by atoms with van der Waals surface area (Å²) in [7, 11) is 1.67. The molecule has 1 amide bonds. The van der Waals surface area contributed by atoms with E-state index in [0.717, 1.165) is 45.6 Å². The van der Waals surface area contributed by atoms with Gasteiger partial charge in [-0.25, -0.2) is 0 Å². The molecule has 6 nitrogen and oxygen atoms in total. The summed E-state index contributed by atoms with van der Waals surface area (Å²) in [5, 5.41) is 11.9. The molecule has 1 aliphatic rings. The summed E-state index contributed by atoms with van der Waals surface area (Å²) in [6, 6.07) is -0.0911. The fraction of sp³-hybridized carbons (Fsp3) is 0.929. The summed E-state index contributed by atoms with van der Waals surface area (Å²) in [5.41, 5.74) is 0. The lowest BCUT2D eigenvalue weighted by molar-refractivity contribution is -0.125. The van der Waals surface area contributed by atoms with E-state index >= 15 is 0 Å². The van der Waals surface area contributed by atoms with Crippen molar-refractivity contribution < 1.29 is 14.6 Å². The molecule has 0 bridgehead atoms. The highest BCUT2D eigenvalue weighted by Gasteiger charge is 2.23. The fourth-order valence-corrected chi connectivity index (χ4v) is 2.48. The molecule has 1 heterocycles. The molecule has 118 valence electrons. The molecule has 0 aromatic carbocycles. The number of carbonyl (C=O) groups excluding carboxylic acids is 1. The number of aliphatic hydroxyl groups excluding tert-OH is 1. The number of hydrogen-bond acceptors (Lipinski definition) is 5. The van der Waals surface area contributed by atoms with Gasteiger partial charge in [0.2, 0.25) is 5.91 Å². The van der Waals surface area contributed by atoms with Crippen molar-refractivity contribution >= 4 is 5.91 Å². The molecule has 0 aromatic rings. The molecule has 0 saturated carbocycles. The highest BCUT2D eigenvalue weighted by molar-refractivity contribution is 5.81. The molecular formula is C14H29N3O3. The molecule has 20 heavy (non-hydrogen) atoms. The second-order valence-electron chi connectivity index (χ2n) is 5.27. The average molecular weight is 287 g/mol. The summed E-state index contributed by atoms with van der Waals surface area (Å²) in [6.07, 6.45) is 1.89. The van der Waals surface area contributed by atoms with E-state index in [-0.39, 0.29) is 18.6 Å². The lowest BCUT2D eigenvalue weighted by atomic mass is 10.2. The lowest BCUT2D eigenvalue weighted by Gasteiger charge is -2.26. The maximum absolute atomic E-state index is 12.1. The Morgan fingerprint density at radius 3 is 2.85 bits per heavy atom. The van der Waals surface area contributed by atoms with E-state index in [1.54, 1.807) is 7.11 Å². The summed E-state index contributed by atoms with van der Waals surface area (Å²) < 4.78 is 4.96. The second kappa shape index (κ2) is 10.1. The number of β-amino-alcohol motifs (C(OH)–C–C–N with tert-alkyl or cyclic N) is 1. The zero-order chi connectivity index (χ0) is 14.8. The number of methoxy groups -OCH3 is 1. The van der Waals surface area contributed by atoms with Crippen LogP contribution in [0.15, 0.2) is 0 Å². The number of nitrogens with zero attached hydrogens (tertiary/aromatic N) is 2. The van der Waals surface area contributed by atoms with Crippen LogP contribution in [0.4, 0.5) is 0 Å². The third-order valence-corrected chi connectivity index (χ3v) is 3.79. The van der Waals surface area contributed by atoms with Crippen molar-refractivity contribution in [3.05, 3.63) is 0 Å². The standard InChI is InChI=1S/C14H29N3O3/c1-13(14(19)15-5-3-12-20-2)17-7-4-6-16(8-9-17)10-11-18/h13,18H,3-12H2,1-2H3,(H,15,19). The Morgan fingerprint density at radius 2 is 2.15 bits per heavy atom. The Kier molecular flexibility index (Phi) is 8.77. The van der Waals surface area contributed by atoms with Crippen LogP contribution in [-0.4, -0.2) is 86.4 Å². The van der Waals surface area contributed by atoms with Crippen molar-refractivity contribution in [2.45, 2.75) is 25.8 Å². The Balaban J connectivity index is 2.30. The first kappa shape index (κ1) is 17.4. The predicted molar refractivity (Wildman–Crippen MR) is 78.7 cm³/mol. The molecule has 1 saturated heterocycles. The van der Waals surface area contributed by atoms with Gasteiger partial charge in [-0.05, 0) is 26.3 Å². The van der Waals surface area contributed by atoms with Gasteiger partial charge in [-0.15, -0.1) is 0 Å². The molecule has 1 atom stereocenters. The summed E-state index contributed by atoms with van der Waals surface area (Å²) in [5.74, 6) is 0.0942. The first-order valence-corrected chi connectivity index (χ1v) is 7.53. The molecule has 1 unspecified atom stereocenters. The molecule has 1 fully saturated rings. The van der Waals surface area contributed by atoms with Gasteiger partial charge in [0.05, 0.1) is 12.6 Å². The summed E-state index contributed by atoms with van der Waals surface area (Å²) >= 11 is 0. The minimum absolute atomic E-state index is 0.0911. The van der Waals surface area contributed by atoms with Crippen LogP contribution in [0, 0.1) is 0 Å². The van der Waals surface area contributed by atoms with Crippen LogP contribution in [0.2, 0.25) is 0 Å². The van der Waals surface area contributed by atoms with E-state index in [1.807, 2.05) is 6.92 Å². The molecule has 1 aliphatic heterocycles. The van der Waals surface area contributed by atoms with E-state index in [4.69, 9.17) is 9.84 Å². The number of rotatable bonds is 8. The Morgan fingerprint density at radius 1 is 1.35 bits per heavy atom. The quantitative estimate of drug-likeness (QED) is 0.591. The average Bonchev–Trinajstić information content (AvgIpc) is 2.68. The minimum Gasteiger partial charge on any atom is -0.395 e. The van der Waals surface area contributed by atoms with E-state index in [1.165, 1.54) is 0 Å². The van der Waals surface area contributed by atoms with E-state index in [2.05, 4.69) is 15.1 Å². The second-order valence-corrected chi connectivity index (χ2v) is 5.27. The smallest absolute Gasteiger partial charge is 0.237 e. The van der Waals surface area contributed by atoms with Gasteiger partial charge in [0.15, 0.2) is 0 Å². The number of nitrogens with one attached hydrogen (secondary N) is 1. The van der Waals surface area contributed by atoms with Crippen molar-refractivity contribution in [3.8, 4) is 0 Å². The van der Waals surface area contributed by atoms with E-state index in [9.17, 15) is 4.79 Å². The third kappa shape index (κ3) is 6.17. The number of aliphatic hydroxyl groups is 1. The first-order chi connectivity index (χ1) is 9.69. The van der Waals surface area contributed by atoms with Gasteiger partial charge in [0.1, 0.15) is 0 Å². The SMILES string of the molecule is COCCCNC(=O)C(C)N1CCCN(CCO)CC1. The van der Waals surface area contributed by atoms with Crippen LogP contribution in [0.3, 0.4) is 0 Å². The zero-order valence-corrected chi connectivity index (χ0v) is 12.8. The summed E-state index contributed by atoms with van der Waals surface area (Å²) in [4.78, 5) is 16.6. The van der Waals surface area contributed by atoms with Crippen LogP contribution in [0.5, 0.6) is 0 Å². The van der Waals surface area contributed by atoms with Crippen LogP contribution >= 0.6 is 0 Å². The van der Waals surface area contributed by atoms with Crippen molar-refractivity contribution in [2.24, 2.45) is 0 Å². The Hall–Kier alpha value is -0.690. The monoisotopic (exact) mass is 287 g/mol. The van der Waals surface area contributed by atoms with Gasteiger partial charge < -0.3 is 15.2 Å². The minimum atomic E-state index is -0.0911. The number of hydrogen-bond donors (Lipinski definition) is 2. The molecule has 1 rings (SSSR count).